The lowest BCUT2D eigenvalue weighted by Gasteiger charge is -1.94. The number of rotatable bonds is 3. The zero-order chi connectivity index (χ0) is 9.19. The molecule has 0 saturated heterocycles. The first-order valence-electron chi connectivity index (χ1n) is 3.11. The summed E-state index contributed by atoms with van der Waals surface area (Å²) in [6.45, 7) is 1.71. The molecule has 0 N–H and O–H groups in total. The van der Waals surface area contributed by atoms with Crippen LogP contribution in [0.15, 0.2) is 0 Å². The molecule has 0 aliphatic rings. The quantitative estimate of drug-likeness (QED) is 0.669. The number of aryl methyl sites for hydroxylation is 1. The minimum atomic E-state index is -3.37. The minimum Gasteiger partial charge on any atom is -0.263 e. The van der Waals surface area contributed by atoms with Crippen molar-refractivity contribution >= 4 is 21.7 Å². The molecule has 0 aromatic carbocycles. The summed E-state index contributed by atoms with van der Waals surface area (Å²) in [4.78, 5) is 3.93. The van der Waals surface area contributed by atoms with E-state index in [2.05, 4.69) is 13.5 Å². The van der Waals surface area contributed by atoms with Gasteiger partial charge in [-0.25, -0.2) is 4.98 Å². The molecule has 0 amide bonds. The highest BCUT2D eigenvalue weighted by molar-refractivity contribution is 7.85. The first-order chi connectivity index (χ1) is 5.47. The van der Waals surface area contributed by atoms with E-state index >= 15 is 0 Å². The van der Waals surface area contributed by atoms with Crippen molar-refractivity contribution in [1.29, 1.82) is 0 Å². The minimum absolute atomic E-state index is 0.0235. The highest BCUT2D eigenvalue weighted by Crippen LogP contribution is 2.06. The molecule has 1 rings (SSSR count). The van der Waals surface area contributed by atoms with Gasteiger partial charge in [0.2, 0.25) is 0 Å². The van der Waals surface area contributed by atoms with Crippen molar-refractivity contribution in [3.05, 3.63) is 10.8 Å². The van der Waals surface area contributed by atoms with Crippen molar-refractivity contribution in [3.63, 3.8) is 0 Å². The zero-order valence-corrected chi connectivity index (χ0v) is 8.28. The molecule has 7 heteroatoms. The van der Waals surface area contributed by atoms with Crippen LogP contribution < -0.4 is 0 Å². The zero-order valence-electron chi connectivity index (χ0n) is 6.64. The van der Waals surface area contributed by atoms with Gasteiger partial charge in [-0.15, -0.1) is 0 Å². The maximum absolute atomic E-state index is 10.5. The Morgan fingerprint density at radius 1 is 1.58 bits per heavy atom. The second-order valence-corrected chi connectivity index (χ2v) is 4.68. The first kappa shape index (κ1) is 9.56. The van der Waals surface area contributed by atoms with Gasteiger partial charge in [-0.2, -0.15) is 12.8 Å². The molecule has 0 unspecified atom stereocenters. The van der Waals surface area contributed by atoms with E-state index in [1.807, 2.05) is 0 Å². The molecule has 0 radical (unpaired) electrons. The van der Waals surface area contributed by atoms with Gasteiger partial charge in [0.15, 0.2) is 0 Å². The normalized spacial score (nSPS) is 11.8. The van der Waals surface area contributed by atoms with Crippen molar-refractivity contribution in [1.82, 2.24) is 9.36 Å². The summed E-state index contributed by atoms with van der Waals surface area (Å²) in [5.41, 5.74) is 0. The van der Waals surface area contributed by atoms with E-state index in [4.69, 9.17) is 0 Å². The molecule has 0 fully saturated rings. The van der Waals surface area contributed by atoms with Crippen LogP contribution in [0.5, 0.6) is 0 Å². The third-order valence-corrected chi connectivity index (χ3v) is 2.29. The Balaban J connectivity index is 2.55. The average molecular weight is 208 g/mol. The summed E-state index contributed by atoms with van der Waals surface area (Å²) in [6.07, 6.45) is 1.00. The maximum atomic E-state index is 10.5. The molecule has 1 heterocycles. The van der Waals surface area contributed by atoms with Crippen molar-refractivity contribution in [2.24, 2.45) is 0 Å². The van der Waals surface area contributed by atoms with E-state index in [-0.39, 0.29) is 6.61 Å². The second kappa shape index (κ2) is 3.46. The van der Waals surface area contributed by atoms with Crippen molar-refractivity contribution in [2.45, 2.75) is 13.5 Å². The topological polar surface area (TPSA) is 69.2 Å². The Labute approximate surface area is 74.7 Å². The monoisotopic (exact) mass is 208 g/mol. The van der Waals surface area contributed by atoms with Gasteiger partial charge in [-0.3, -0.25) is 4.18 Å². The van der Waals surface area contributed by atoms with Crippen LogP contribution in [0.25, 0.3) is 0 Å². The van der Waals surface area contributed by atoms with E-state index in [0.29, 0.717) is 10.8 Å². The third kappa shape index (κ3) is 3.24. The highest BCUT2D eigenvalue weighted by Gasteiger charge is 2.05. The lowest BCUT2D eigenvalue weighted by atomic mass is 10.7. The van der Waals surface area contributed by atoms with Crippen LogP contribution in [0, 0.1) is 6.92 Å². The van der Waals surface area contributed by atoms with Gasteiger partial charge in [0.05, 0.1) is 6.26 Å². The Morgan fingerprint density at radius 3 is 2.67 bits per heavy atom. The van der Waals surface area contributed by atoms with E-state index in [9.17, 15) is 8.42 Å². The lowest BCUT2D eigenvalue weighted by Crippen LogP contribution is -2.02. The van der Waals surface area contributed by atoms with Crippen molar-refractivity contribution in [3.8, 4) is 0 Å². The summed E-state index contributed by atoms with van der Waals surface area (Å²) in [6, 6.07) is 0. The van der Waals surface area contributed by atoms with Gasteiger partial charge in [-0.1, -0.05) is 0 Å². The Morgan fingerprint density at radius 2 is 2.25 bits per heavy atom. The molecule has 0 spiro atoms. The fourth-order valence-electron chi connectivity index (χ4n) is 0.556. The summed E-state index contributed by atoms with van der Waals surface area (Å²) in [7, 11) is -3.37. The predicted molar refractivity (Wildman–Crippen MR) is 44.3 cm³/mol. The highest BCUT2D eigenvalue weighted by atomic mass is 32.2. The Hall–Kier alpha value is -0.530. The number of hydrogen-bond donors (Lipinski definition) is 0. The summed E-state index contributed by atoms with van der Waals surface area (Å²) in [5.74, 6) is 0.632. The first-order valence-corrected chi connectivity index (χ1v) is 5.70. The van der Waals surface area contributed by atoms with Crippen LogP contribution in [-0.4, -0.2) is 24.0 Å². The van der Waals surface area contributed by atoms with E-state index in [0.717, 1.165) is 17.8 Å². The lowest BCUT2D eigenvalue weighted by molar-refractivity contribution is 0.311. The molecular formula is C5H8N2O3S2. The molecule has 5 nitrogen and oxygen atoms in total. The molecule has 1 aromatic heterocycles. The van der Waals surface area contributed by atoms with Crippen LogP contribution in [-0.2, 0) is 20.9 Å². The van der Waals surface area contributed by atoms with E-state index < -0.39 is 10.1 Å². The number of nitrogens with zero attached hydrogens (tertiary/aromatic N) is 2. The maximum Gasteiger partial charge on any atom is 0.264 e. The van der Waals surface area contributed by atoms with Gasteiger partial charge in [0, 0.05) is 0 Å². The fourth-order valence-corrected chi connectivity index (χ4v) is 1.52. The van der Waals surface area contributed by atoms with Crippen LogP contribution in [0.2, 0.25) is 0 Å². The molecule has 0 aliphatic heterocycles. The SMILES string of the molecule is Cc1nsc(COS(C)(=O)=O)n1. The Kier molecular flexibility index (Phi) is 2.76. The van der Waals surface area contributed by atoms with Crippen LogP contribution in [0.3, 0.4) is 0 Å². The van der Waals surface area contributed by atoms with Gasteiger partial charge in [0.1, 0.15) is 17.4 Å². The molecule has 68 valence electrons. The molecule has 0 atom stereocenters. The number of hydrogen-bond acceptors (Lipinski definition) is 6. The standard InChI is InChI=1S/C5H8N2O3S2/c1-4-6-5(11-7-4)3-10-12(2,8)9/h3H2,1-2H3. The smallest absolute Gasteiger partial charge is 0.263 e. The molecule has 0 bridgehead atoms. The van der Waals surface area contributed by atoms with E-state index in [1.165, 1.54) is 0 Å². The third-order valence-electron chi connectivity index (χ3n) is 0.966. The van der Waals surface area contributed by atoms with E-state index in [1.54, 1.807) is 6.92 Å². The molecule has 0 saturated carbocycles. The Bertz CT molecular complexity index is 357. The fraction of sp³-hybridized carbons (Fsp3) is 0.600. The van der Waals surface area contributed by atoms with Gasteiger partial charge >= 0.3 is 0 Å². The molecule has 12 heavy (non-hydrogen) atoms. The second-order valence-electron chi connectivity index (χ2n) is 2.20. The van der Waals surface area contributed by atoms with Crippen molar-refractivity contribution < 1.29 is 12.6 Å². The van der Waals surface area contributed by atoms with Crippen LogP contribution in [0.4, 0.5) is 0 Å². The largest absolute Gasteiger partial charge is 0.264 e. The van der Waals surface area contributed by atoms with Gasteiger partial charge in [-0.05, 0) is 18.5 Å². The summed E-state index contributed by atoms with van der Waals surface area (Å²) in [5, 5.41) is 0.568. The molecule has 0 aliphatic carbocycles. The molecule has 1 aromatic rings. The molecular weight excluding hydrogens is 200 g/mol. The van der Waals surface area contributed by atoms with Crippen molar-refractivity contribution in [2.75, 3.05) is 6.26 Å². The average Bonchev–Trinajstić information content (AvgIpc) is 2.30. The summed E-state index contributed by atoms with van der Waals surface area (Å²) < 4.78 is 29.5. The number of aromatic nitrogens is 2. The predicted octanol–water partition coefficient (Wildman–Crippen LogP) is 0.323. The van der Waals surface area contributed by atoms with Crippen LogP contribution in [0.1, 0.15) is 10.8 Å². The van der Waals surface area contributed by atoms with Crippen LogP contribution >= 0.6 is 11.5 Å². The van der Waals surface area contributed by atoms with Gasteiger partial charge < -0.3 is 0 Å². The summed E-state index contributed by atoms with van der Waals surface area (Å²) >= 11 is 1.14. The van der Waals surface area contributed by atoms with Gasteiger partial charge in [0.25, 0.3) is 10.1 Å².